The van der Waals surface area contributed by atoms with Gasteiger partial charge in [-0.15, -0.1) is 0 Å². The molecule has 0 bridgehead atoms. The van der Waals surface area contributed by atoms with Gasteiger partial charge in [-0.2, -0.15) is 5.10 Å². The van der Waals surface area contributed by atoms with Crippen LogP contribution in [-0.4, -0.2) is 30.6 Å². The van der Waals surface area contributed by atoms with Crippen molar-refractivity contribution in [2.24, 2.45) is 0 Å². The molecule has 0 aromatic carbocycles. The Kier molecular flexibility index (Phi) is 5.56. The molecule has 0 aliphatic heterocycles. The SMILES string of the molecule is CC(F)(P)c1ccc2c(=O)n(CC(=O)Nc3ncc(F)cn3)nc(C(F)F)c2n1. The number of rotatable bonds is 5. The number of hydrogen-bond donors (Lipinski definition) is 1. The van der Waals surface area contributed by atoms with Crippen molar-refractivity contribution in [3.63, 3.8) is 0 Å². The van der Waals surface area contributed by atoms with Crippen LogP contribution in [0.3, 0.4) is 0 Å². The van der Waals surface area contributed by atoms with E-state index in [1.54, 1.807) is 0 Å². The van der Waals surface area contributed by atoms with E-state index in [0.717, 1.165) is 25.4 Å². The molecule has 29 heavy (non-hydrogen) atoms. The highest BCUT2D eigenvalue weighted by Gasteiger charge is 2.25. The first-order valence-corrected chi connectivity index (χ1v) is 8.59. The van der Waals surface area contributed by atoms with Crippen molar-refractivity contribution in [3.05, 3.63) is 52.1 Å². The number of halogens is 4. The van der Waals surface area contributed by atoms with Gasteiger partial charge < -0.3 is 0 Å². The molecule has 0 aliphatic carbocycles. The van der Waals surface area contributed by atoms with Crippen LogP contribution in [0.5, 0.6) is 0 Å². The van der Waals surface area contributed by atoms with Crippen LogP contribution < -0.4 is 10.9 Å². The Labute approximate surface area is 162 Å². The van der Waals surface area contributed by atoms with E-state index in [4.69, 9.17) is 0 Å². The lowest BCUT2D eigenvalue weighted by Crippen LogP contribution is -2.31. The number of alkyl halides is 3. The van der Waals surface area contributed by atoms with Crippen LogP contribution in [-0.2, 0) is 16.7 Å². The molecule has 2 atom stereocenters. The first-order valence-electron chi connectivity index (χ1n) is 8.02. The molecule has 0 aliphatic rings. The molecule has 0 spiro atoms. The predicted molar refractivity (Wildman–Crippen MR) is 97.5 cm³/mol. The Morgan fingerprint density at radius 2 is 1.97 bits per heavy atom. The number of carbonyl (C=O) groups is 1. The zero-order valence-electron chi connectivity index (χ0n) is 14.7. The third-order valence-corrected chi connectivity index (χ3v) is 4.00. The maximum atomic E-state index is 14.1. The van der Waals surface area contributed by atoms with Gasteiger partial charge in [0.25, 0.3) is 12.0 Å². The summed E-state index contributed by atoms with van der Waals surface area (Å²) in [5, 5.41) is 3.45. The molecular weight excluding hydrogens is 415 g/mol. The molecule has 1 amide bonds. The highest BCUT2D eigenvalue weighted by atomic mass is 31.0. The van der Waals surface area contributed by atoms with Gasteiger partial charge in [0.1, 0.15) is 12.1 Å². The zero-order chi connectivity index (χ0) is 21.3. The highest BCUT2D eigenvalue weighted by Crippen LogP contribution is 2.32. The van der Waals surface area contributed by atoms with E-state index in [1.165, 1.54) is 6.07 Å². The third-order valence-electron chi connectivity index (χ3n) is 3.70. The lowest BCUT2D eigenvalue weighted by molar-refractivity contribution is -0.117. The molecule has 0 saturated heterocycles. The van der Waals surface area contributed by atoms with Crippen LogP contribution in [0.2, 0.25) is 0 Å². The van der Waals surface area contributed by atoms with Crippen molar-refractivity contribution < 1.29 is 22.4 Å². The number of anilines is 1. The molecule has 0 fully saturated rings. The van der Waals surface area contributed by atoms with E-state index in [-0.39, 0.29) is 17.0 Å². The summed E-state index contributed by atoms with van der Waals surface area (Å²) < 4.78 is 54.4. The van der Waals surface area contributed by atoms with Gasteiger partial charge in [-0.3, -0.25) is 14.9 Å². The van der Waals surface area contributed by atoms with E-state index in [2.05, 4.69) is 25.4 Å². The second-order valence-corrected chi connectivity index (χ2v) is 7.17. The summed E-state index contributed by atoms with van der Waals surface area (Å²) in [6.45, 7) is 0.422. The first kappa shape index (κ1) is 20.7. The molecule has 3 rings (SSSR count). The van der Waals surface area contributed by atoms with Gasteiger partial charge in [0.2, 0.25) is 11.9 Å². The van der Waals surface area contributed by atoms with Crippen molar-refractivity contribution in [1.82, 2.24) is 24.7 Å². The average molecular weight is 428 g/mol. The summed E-state index contributed by atoms with van der Waals surface area (Å²) in [6, 6.07) is 2.33. The largest absolute Gasteiger partial charge is 0.293 e. The molecule has 0 saturated carbocycles. The minimum atomic E-state index is -3.13. The molecule has 1 N–H and O–H groups in total. The van der Waals surface area contributed by atoms with Gasteiger partial charge in [0.15, 0.2) is 16.9 Å². The standard InChI is InChI=1S/C16H13F4N6O2P/c1-16(20,29)9-3-2-8-11(23-9)12(13(18)19)25-26(14(8)28)6-10(27)24-15-21-4-7(17)5-22-15/h2-5,13H,6,29H2,1H3,(H,21,22,24,27). The summed E-state index contributed by atoms with van der Waals surface area (Å²) >= 11 is 0. The fraction of sp³-hybridized carbons (Fsp3) is 0.250. The number of nitrogens with one attached hydrogen (secondary N) is 1. The topological polar surface area (TPSA) is 103 Å². The monoisotopic (exact) mass is 428 g/mol. The maximum Gasteiger partial charge on any atom is 0.284 e. The molecule has 13 heteroatoms. The molecule has 152 valence electrons. The number of carbonyl (C=O) groups excluding carboxylic acids is 1. The van der Waals surface area contributed by atoms with Gasteiger partial charge in [-0.25, -0.2) is 37.2 Å². The quantitative estimate of drug-likeness (QED) is 0.494. The van der Waals surface area contributed by atoms with Gasteiger partial charge in [0, 0.05) is 0 Å². The number of hydrogen-bond acceptors (Lipinski definition) is 6. The molecule has 8 nitrogen and oxygen atoms in total. The zero-order valence-corrected chi connectivity index (χ0v) is 15.9. The Hall–Kier alpha value is -3.01. The lowest BCUT2D eigenvalue weighted by atomic mass is 10.2. The van der Waals surface area contributed by atoms with Gasteiger partial charge in [0.05, 0.1) is 23.5 Å². The van der Waals surface area contributed by atoms with E-state index < -0.39 is 46.9 Å². The van der Waals surface area contributed by atoms with Crippen LogP contribution in [0.15, 0.2) is 29.3 Å². The predicted octanol–water partition coefficient (Wildman–Crippen LogP) is 2.31. The Morgan fingerprint density at radius 3 is 2.55 bits per heavy atom. The van der Waals surface area contributed by atoms with Crippen LogP contribution in [0.25, 0.3) is 10.9 Å². The Balaban J connectivity index is 2.00. The van der Waals surface area contributed by atoms with E-state index in [0.29, 0.717) is 4.68 Å². The summed E-state index contributed by atoms with van der Waals surface area (Å²) in [6.07, 6.45) is -1.51. The highest BCUT2D eigenvalue weighted by molar-refractivity contribution is 7.18. The molecule has 2 unspecified atom stereocenters. The first-order chi connectivity index (χ1) is 13.6. The smallest absolute Gasteiger partial charge is 0.284 e. The lowest BCUT2D eigenvalue weighted by Gasteiger charge is -2.15. The van der Waals surface area contributed by atoms with E-state index in [1.807, 2.05) is 9.24 Å². The van der Waals surface area contributed by atoms with Crippen molar-refractivity contribution >= 4 is 32.0 Å². The Bertz CT molecular complexity index is 1130. The van der Waals surface area contributed by atoms with E-state index in [9.17, 15) is 27.2 Å². The fourth-order valence-electron chi connectivity index (χ4n) is 2.39. The number of nitrogens with zero attached hydrogens (tertiary/aromatic N) is 5. The molecule has 0 radical (unpaired) electrons. The van der Waals surface area contributed by atoms with Crippen molar-refractivity contribution in [1.29, 1.82) is 0 Å². The normalized spacial score (nSPS) is 13.5. The summed E-state index contributed by atoms with van der Waals surface area (Å²) in [5.74, 6) is -1.82. The summed E-state index contributed by atoms with van der Waals surface area (Å²) in [5.41, 5.74) is -2.38. The van der Waals surface area contributed by atoms with Gasteiger partial charge in [-0.1, -0.05) is 9.24 Å². The molecular formula is C16H13F4N6O2P. The second-order valence-electron chi connectivity index (χ2n) is 6.09. The molecule has 3 heterocycles. The van der Waals surface area contributed by atoms with Crippen molar-refractivity contribution in [3.8, 4) is 0 Å². The van der Waals surface area contributed by atoms with Crippen LogP contribution in [0, 0.1) is 5.82 Å². The molecule has 3 aromatic heterocycles. The van der Waals surface area contributed by atoms with Crippen LogP contribution in [0.4, 0.5) is 23.5 Å². The second kappa shape index (κ2) is 7.78. The average Bonchev–Trinajstić information content (AvgIpc) is 2.64. The summed E-state index contributed by atoms with van der Waals surface area (Å²) in [7, 11) is 1.88. The van der Waals surface area contributed by atoms with Crippen molar-refractivity contribution in [2.75, 3.05) is 5.32 Å². The van der Waals surface area contributed by atoms with Crippen LogP contribution >= 0.6 is 9.24 Å². The van der Waals surface area contributed by atoms with Crippen molar-refractivity contribution in [2.45, 2.75) is 25.3 Å². The number of aromatic nitrogens is 5. The van der Waals surface area contributed by atoms with E-state index >= 15 is 0 Å². The number of fused-ring (bicyclic) bond motifs is 1. The minimum Gasteiger partial charge on any atom is -0.293 e. The Morgan fingerprint density at radius 1 is 1.31 bits per heavy atom. The minimum absolute atomic E-state index is 0.179. The maximum absolute atomic E-state index is 14.1. The van der Waals surface area contributed by atoms with Gasteiger partial charge >= 0.3 is 0 Å². The van der Waals surface area contributed by atoms with Gasteiger partial charge in [-0.05, 0) is 19.1 Å². The number of pyridine rings is 1. The molecule has 3 aromatic rings. The third kappa shape index (κ3) is 4.53. The fourth-order valence-corrected chi connectivity index (χ4v) is 2.55. The summed E-state index contributed by atoms with van der Waals surface area (Å²) in [4.78, 5) is 35.5. The van der Waals surface area contributed by atoms with Crippen LogP contribution in [0.1, 0.15) is 24.7 Å². The number of amides is 1.